The Hall–Kier alpha value is -1.50. The standard InChI is InChI=1S/C16H15NO2S3/c1-12-4-6-13(7-5-12)10-22(18,19)11-14-9-21-16(17-14)15-3-2-8-20-15/h2-9H,10-11H2,1H3. The first-order chi connectivity index (χ1) is 10.5. The highest BCUT2D eigenvalue weighted by molar-refractivity contribution is 7.89. The first-order valence-electron chi connectivity index (χ1n) is 6.76. The quantitative estimate of drug-likeness (QED) is 0.690. The van der Waals surface area contributed by atoms with Gasteiger partial charge in [-0.3, -0.25) is 0 Å². The van der Waals surface area contributed by atoms with Gasteiger partial charge in [0.05, 0.1) is 22.1 Å². The molecule has 0 aliphatic rings. The van der Waals surface area contributed by atoms with E-state index in [-0.39, 0.29) is 11.5 Å². The Balaban J connectivity index is 1.73. The maximum atomic E-state index is 12.3. The Morgan fingerprint density at radius 3 is 2.50 bits per heavy atom. The van der Waals surface area contributed by atoms with E-state index in [1.807, 2.05) is 54.1 Å². The Bertz CT molecular complexity index is 847. The van der Waals surface area contributed by atoms with Crippen molar-refractivity contribution in [3.8, 4) is 9.88 Å². The van der Waals surface area contributed by atoms with Crippen molar-refractivity contribution in [2.75, 3.05) is 0 Å². The van der Waals surface area contributed by atoms with Crippen LogP contribution in [0, 0.1) is 6.92 Å². The summed E-state index contributed by atoms with van der Waals surface area (Å²) in [6.45, 7) is 1.99. The van der Waals surface area contributed by atoms with Crippen LogP contribution < -0.4 is 0 Å². The average molecular weight is 350 g/mol. The molecule has 0 spiro atoms. The number of sulfone groups is 1. The molecule has 0 unspecified atom stereocenters. The molecule has 3 rings (SSSR count). The van der Waals surface area contributed by atoms with Crippen molar-refractivity contribution in [3.05, 3.63) is 64.0 Å². The Morgan fingerprint density at radius 1 is 1.05 bits per heavy atom. The number of benzene rings is 1. The largest absolute Gasteiger partial charge is 0.239 e. The topological polar surface area (TPSA) is 47.0 Å². The fourth-order valence-corrected chi connectivity index (χ4v) is 5.24. The van der Waals surface area contributed by atoms with Crippen molar-refractivity contribution in [2.45, 2.75) is 18.4 Å². The summed E-state index contributed by atoms with van der Waals surface area (Å²) in [5.41, 5.74) is 2.57. The zero-order chi connectivity index (χ0) is 15.6. The highest BCUT2D eigenvalue weighted by Crippen LogP contribution is 2.28. The maximum absolute atomic E-state index is 12.3. The Kier molecular flexibility index (Phi) is 4.42. The van der Waals surface area contributed by atoms with E-state index in [2.05, 4.69) is 4.98 Å². The summed E-state index contributed by atoms with van der Waals surface area (Å²) in [4.78, 5) is 5.52. The van der Waals surface area contributed by atoms with E-state index in [4.69, 9.17) is 0 Å². The molecule has 0 radical (unpaired) electrons. The summed E-state index contributed by atoms with van der Waals surface area (Å²) < 4.78 is 24.6. The van der Waals surface area contributed by atoms with E-state index >= 15 is 0 Å². The third-order valence-corrected chi connectivity index (χ3v) is 6.60. The van der Waals surface area contributed by atoms with Gasteiger partial charge >= 0.3 is 0 Å². The number of rotatable bonds is 5. The highest BCUT2D eigenvalue weighted by Gasteiger charge is 2.16. The molecular formula is C16H15NO2S3. The predicted octanol–water partition coefficient (Wildman–Crippen LogP) is 4.30. The minimum absolute atomic E-state index is 0.0112. The highest BCUT2D eigenvalue weighted by atomic mass is 32.2. The van der Waals surface area contributed by atoms with Gasteiger partial charge in [-0.05, 0) is 23.9 Å². The third kappa shape index (κ3) is 3.82. The lowest BCUT2D eigenvalue weighted by Gasteiger charge is -2.03. The molecule has 3 nitrogen and oxygen atoms in total. The number of aryl methyl sites for hydroxylation is 1. The first kappa shape index (κ1) is 15.4. The van der Waals surface area contributed by atoms with Crippen LogP contribution in [0.2, 0.25) is 0 Å². The van der Waals surface area contributed by atoms with E-state index in [1.54, 1.807) is 11.3 Å². The summed E-state index contributed by atoms with van der Waals surface area (Å²) in [7, 11) is -3.21. The molecule has 22 heavy (non-hydrogen) atoms. The smallest absolute Gasteiger partial charge is 0.160 e. The summed E-state index contributed by atoms with van der Waals surface area (Å²) >= 11 is 3.10. The van der Waals surface area contributed by atoms with Crippen molar-refractivity contribution < 1.29 is 8.42 Å². The predicted molar refractivity (Wildman–Crippen MR) is 92.9 cm³/mol. The molecule has 0 saturated carbocycles. The second kappa shape index (κ2) is 6.32. The van der Waals surface area contributed by atoms with Crippen LogP contribution in [0.5, 0.6) is 0 Å². The summed E-state index contributed by atoms with van der Waals surface area (Å²) in [5, 5.41) is 4.71. The lowest BCUT2D eigenvalue weighted by Crippen LogP contribution is -2.08. The fraction of sp³-hybridized carbons (Fsp3) is 0.188. The first-order valence-corrected chi connectivity index (χ1v) is 10.3. The Morgan fingerprint density at radius 2 is 1.82 bits per heavy atom. The second-order valence-electron chi connectivity index (χ2n) is 5.14. The molecule has 3 aromatic rings. The number of thiazole rings is 1. The van der Waals surface area contributed by atoms with Gasteiger partial charge in [0, 0.05) is 5.38 Å². The molecule has 114 valence electrons. The van der Waals surface area contributed by atoms with Crippen LogP contribution >= 0.6 is 22.7 Å². The van der Waals surface area contributed by atoms with Gasteiger partial charge in [-0.1, -0.05) is 35.9 Å². The molecule has 2 heterocycles. The van der Waals surface area contributed by atoms with E-state index in [0.29, 0.717) is 5.69 Å². The second-order valence-corrected chi connectivity index (χ2v) is 9.01. The van der Waals surface area contributed by atoms with Crippen LogP contribution in [0.15, 0.2) is 47.2 Å². The molecule has 0 aliphatic heterocycles. The van der Waals surface area contributed by atoms with Crippen molar-refractivity contribution in [2.24, 2.45) is 0 Å². The number of hydrogen-bond acceptors (Lipinski definition) is 5. The summed E-state index contributed by atoms with van der Waals surface area (Å²) in [6.07, 6.45) is 0. The van der Waals surface area contributed by atoms with E-state index < -0.39 is 9.84 Å². The lowest BCUT2D eigenvalue weighted by atomic mass is 10.2. The van der Waals surface area contributed by atoms with E-state index in [9.17, 15) is 8.42 Å². The van der Waals surface area contributed by atoms with Crippen LogP contribution in [0.3, 0.4) is 0 Å². The molecular weight excluding hydrogens is 334 g/mol. The van der Waals surface area contributed by atoms with Crippen molar-refractivity contribution in [3.63, 3.8) is 0 Å². The number of thiophene rings is 1. The van der Waals surface area contributed by atoms with Crippen LogP contribution in [0.25, 0.3) is 9.88 Å². The van der Waals surface area contributed by atoms with Crippen molar-refractivity contribution in [1.82, 2.24) is 4.98 Å². The van der Waals surface area contributed by atoms with Gasteiger partial charge in [-0.15, -0.1) is 22.7 Å². The number of aromatic nitrogens is 1. The SMILES string of the molecule is Cc1ccc(CS(=O)(=O)Cc2csc(-c3cccs3)n2)cc1. The molecule has 0 aliphatic carbocycles. The molecule has 0 atom stereocenters. The summed E-state index contributed by atoms with van der Waals surface area (Å²) in [6, 6.07) is 11.6. The molecule has 0 N–H and O–H groups in total. The molecule has 0 fully saturated rings. The van der Waals surface area contributed by atoms with Crippen LogP contribution in [0.1, 0.15) is 16.8 Å². The number of hydrogen-bond donors (Lipinski definition) is 0. The zero-order valence-electron chi connectivity index (χ0n) is 12.0. The van der Waals surface area contributed by atoms with Crippen molar-refractivity contribution >= 4 is 32.5 Å². The van der Waals surface area contributed by atoms with Gasteiger partial charge in [-0.2, -0.15) is 0 Å². The minimum Gasteiger partial charge on any atom is -0.239 e. The van der Waals surface area contributed by atoms with Gasteiger partial charge in [0.25, 0.3) is 0 Å². The lowest BCUT2D eigenvalue weighted by molar-refractivity contribution is 0.594. The molecule has 0 bridgehead atoms. The van der Waals surface area contributed by atoms with Crippen LogP contribution in [-0.4, -0.2) is 13.4 Å². The molecule has 6 heteroatoms. The fourth-order valence-electron chi connectivity index (χ4n) is 2.10. The zero-order valence-corrected chi connectivity index (χ0v) is 14.5. The summed E-state index contributed by atoms with van der Waals surface area (Å²) in [5.74, 6) is 0.0435. The van der Waals surface area contributed by atoms with Gasteiger partial charge in [0.1, 0.15) is 5.01 Å². The van der Waals surface area contributed by atoms with E-state index in [1.165, 1.54) is 11.3 Å². The number of nitrogens with zero attached hydrogens (tertiary/aromatic N) is 1. The molecule has 0 amide bonds. The van der Waals surface area contributed by atoms with Crippen LogP contribution in [-0.2, 0) is 21.3 Å². The minimum atomic E-state index is -3.21. The van der Waals surface area contributed by atoms with Gasteiger partial charge in [-0.25, -0.2) is 13.4 Å². The van der Waals surface area contributed by atoms with Gasteiger partial charge in [0.2, 0.25) is 0 Å². The average Bonchev–Trinajstić information content (AvgIpc) is 3.11. The maximum Gasteiger partial charge on any atom is 0.160 e. The Labute approximate surface area is 138 Å². The molecule has 0 saturated heterocycles. The van der Waals surface area contributed by atoms with E-state index in [0.717, 1.165) is 21.0 Å². The molecule has 1 aromatic carbocycles. The van der Waals surface area contributed by atoms with Gasteiger partial charge < -0.3 is 0 Å². The normalized spacial score (nSPS) is 11.7. The van der Waals surface area contributed by atoms with Crippen molar-refractivity contribution in [1.29, 1.82) is 0 Å². The van der Waals surface area contributed by atoms with Crippen LogP contribution in [0.4, 0.5) is 0 Å². The third-order valence-electron chi connectivity index (χ3n) is 3.16. The monoisotopic (exact) mass is 349 g/mol. The molecule has 2 aromatic heterocycles. The van der Waals surface area contributed by atoms with Gasteiger partial charge in [0.15, 0.2) is 9.84 Å².